The van der Waals surface area contributed by atoms with Gasteiger partial charge in [-0.05, 0) is 18.2 Å². The molecule has 2 aromatic carbocycles. The zero-order valence-electron chi connectivity index (χ0n) is 8.61. The van der Waals surface area contributed by atoms with Crippen LogP contribution in [0.25, 0.3) is 10.8 Å². The van der Waals surface area contributed by atoms with Crippen LogP contribution in [-0.2, 0) is 0 Å². The second-order valence-electron chi connectivity index (χ2n) is 3.49. The standard InChI is InChI=1S/C12H8ClNO3/c13-9-5-4-8(12(16)17)10-6(9)2-1-3-7(10)11(14)15/h1-5H,(H2,14,15)(H,16,17). The minimum Gasteiger partial charge on any atom is -0.478 e. The van der Waals surface area contributed by atoms with E-state index < -0.39 is 11.9 Å². The SMILES string of the molecule is NC(=O)c1cccc2c(Cl)ccc(C(=O)O)c12. The Morgan fingerprint density at radius 2 is 1.82 bits per heavy atom. The van der Waals surface area contributed by atoms with E-state index in [9.17, 15) is 9.59 Å². The Balaban J connectivity index is 2.99. The number of carboxylic acids is 1. The molecule has 0 radical (unpaired) electrons. The fourth-order valence-electron chi connectivity index (χ4n) is 1.75. The molecule has 86 valence electrons. The summed E-state index contributed by atoms with van der Waals surface area (Å²) >= 11 is 5.97. The molecule has 0 fully saturated rings. The Kier molecular flexibility index (Phi) is 2.73. The number of fused-ring (bicyclic) bond motifs is 1. The highest BCUT2D eigenvalue weighted by Gasteiger charge is 2.16. The lowest BCUT2D eigenvalue weighted by atomic mass is 9.99. The van der Waals surface area contributed by atoms with E-state index >= 15 is 0 Å². The van der Waals surface area contributed by atoms with E-state index in [1.54, 1.807) is 12.1 Å². The molecule has 17 heavy (non-hydrogen) atoms. The van der Waals surface area contributed by atoms with Crippen LogP contribution in [0, 0.1) is 0 Å². The lowest BCUT2D eigenvalue weighted by Crippen LogP contribution is -2.13. The Hall–Kier alpha value is -2.07. The first kappa shape index (κ1) is 11.4. The van der Waals surface area contributed by atoms with Crippen molar-refractivity contribution < 1.29 is 14.7 Å². The Bertz CT molecular complexity index is 617. The molecule has 5 heteroatoms. The van der Waals surface area contributed by atoms with Gasteiger partial charge in [0.1, 0.15) is 0 Å². The number of aromatic carboxylic acids is 1. The number of primary amides is 1. The first-order chi connectivity index (χ1) is 8.02. The van der Waals surface area contributed by atoms with E-state index in [1.165, 1.54) is 18.2 Å². The number of benzene rings is 2. The van der Waals surface area contributed by atoms with Crippen LogP contribution in [0.1, 0.15) is 20.7 Å². The Labute approximate surface area is 102 Å². The molecule has 0 aliphatic carbocycles. The summed E-state index contributed by atoms with van der Waals surface area (Å²) in [4.78, 5) is 22.4. The Morgan fingerprint density at radius 1 is 1.12 bits per heavy atom. The number of hydrogen-bond donors (Lipinski definition) is 2. The fraction of sp³-hybridized carbons (Fsp3) is 0. The first-order valence-electron chi connectivity index (χ1n) is 4.76. The maximum absolute atomic E-state index is 11.3. The fourth-order valence-corrected chi connectivity index (χ4v) is 1.98. The molecule has 0 bridgehead atoms. The predicted molar refractivity (Wildman–Crippen MR) is 64.4 cm³/mol. The molecule has 0 heterocycles. The third-order valence-electron chi connectivity index (χ3n) is 2.48. The highest BCUT2D eigenvalue weighted by molar-refractivity contribution is 6.36. The zero-order chi connectivity index (χ0) is 12.6. The van der Waals surface area contributed by atoms with Crippen LogP contribution in [0.4, 0.5) is 0 Å². The summed E-state index contributed by atoms with van der Waals surface area (Å²) in [7, 11) is 0. The molecular formula is C12H8ClNO3. The highest BCUT2D eigenvalue weighted by atomic mass is 35.5. The molecular weight excluding hydrogens is 242 g/mol. The van der Waals surface area contributed by atoms with Crippen LogP contribution in [0.2, 0.25) is 5.02 Å². The van der Waals surface area contributed by atoms with Gasteiger partial charge in [-0.15, -0.1) is 0 Å². The average molecular weight is 250 g/mol. The van der Waals surface area contributed by atoms with Gasteiger partial charge in [0.2, 0.25) is 5.91 Å². The minimum atomic E-state index is -1.12. The average Bonchev–Trinajstić information content (AvgIpc) is 2.28. The second-order valence-corrected chi connectivity index (χ2v) is 3.90. The van der Waals surface area contributed by atoms with E-state index in [0.717, 1.165) is 0 Å². The van der Waals surface area contributed by atoms with Crippen molar-refractivity contribution in [2.24, 2.45) is 5.73 Å². The topological polar surface area (TPSA) is 80.4 Å². The van der Waals surface area contributed by atoms with Gasteiger partial charge < -0.3 is 10.8 Å². The molecule has 4 nitrogen and oxygen atoms in total. The molecule has 0 spiro atoms. The third-order valence-corrected chi connectivity index (χ3v) is 2.81. The summed E-state index contributed by atoms with van der Waals surface area (Å²) in [6.45, 7) is 0. The molecule has 0 saturated heterocycles. The van der Waals surface area contributed by atoms with Crippen molar-refractivity contribution in [3.63, 3.8) is 0 Å². The van der Waals surface area contributed by atoms with Crippen LogP contribution < -0.4 is 5.73 Å². The third kappa shape index (κ3) is 1.83. The van der Waals surface area contributed by atoms with Gasteiger partial charge in [0.15, 0.2) is 0 Å². The van der Waals surface area contributed by atoms with Gasteiger partial charge in [0.25, 0.3) is 0 Å². The smallest absolute Gasteiger partial charge is 0.336 e. The molecule has 3 N–H and O–H groups in total. The molecule has 0 atom stereocenters. The summed E-state index contributed by atoms with van der Waals surface area (Å²) in [6, 6.07) is 7.58. The van der Waals surface area contributed by atoms with Gasteiger partial charge in [0.05, 0.1) is 5.56 Å². The normalized spacial score (nSPS) is 10.4. The van der Waals surface area contributed by atoms with E-state index in [1.807, 2.05) is 0 Å². The summed E-state index contributed by atoms with van der Waals surface area (Å²) in [5.41, 5.74) is 5.39. The van der Waals surface area contributed by atoms with Crippen molar-refractivity contribution in [3.05, 3.63) is 46.5 Å². The quantitative estimate of drug-likeness (QED) is 0.857. The predicted octanol–water partition coefficient (Wildman–Crippen LogP) is 2.29. The van der Waals surface area contributed by atoms with Gasteiger partial charge >= 0.3 is 5.97 Å². The van der Waals surface area contributed by atoms with Gasteiger partial charge in [-0.3, -0.25) is 4.79 Å². The number of carboxylic acid groups (broad SMARTS) is 1. The molecule has 0 aliphatic rings. The van der Waals surface area contributed by atoms with Crippen molar-refractivity contribution in [1.29, 1.82) is 0 Å². The van der Waals surface area contributed by atoms with Crippen LogP contribution in [0.15, 0.2) is 30.3 Å². The maximum Gasteiger partial charge on any atom is 0.336 e. The number of rotatable bonds is 2. The van der Waals surface area contributed by atoms with Crippen molar-refractivity contribution in [2.75, 3.05) is 0 Å². The minimum absolute atomic E-state index is 0.0128. The lowest BCUT2D eigenvalue weighted by Gasteiger charge is -2.08. The van der Waals surface area contributed by atoms with Crippen molar-refractivity contribution in [2.45, 2.75) is 0 Å². The van der Waals surface area contributed by atoms with Crippen LogP contribution in [-0.4, -0.2) is 17.0 Å². The second kappa shape index (κ2) is 4.07. The van der Waals surface area contributed by atoms with Crippen molar-refractivity contribution in [3.8, 4) is 0 Å². The molecule has 0 aromatic heterocycles. The first-order valence-corrected chi connectivity index (χ1v) is 5.14. The summed E-state index contributed by atoms with van der Waals surface area (Å²) in [6.07, 6.45) is 0. The van der Waals surface area contributed by atoms with Crippen LogP contribution >= 0.6 is 11.6 Å². The summed E-state index contributed by atoms with van der Waals surface area (Å²) in [5.74, 6) is -1.80. The van der Waals surface area contributed by atoms with Gasteiger partial charge in [-0.2, -0.15) is 0 Å². The molecule has 2 aromatic rings. The number of carbonyl (C=O) groups excluding carboxylic acids is 1. The highest BCUT2D eigenvalue weighted by Crippen LogP contribution is 2.29. The molecule has 0 saturated carbocycles. The zero-order valence-corrected chi connectivity index (χ0v) is 9.36. The van der Waals surface area contributed by atoms with E-state index in [-0.39, 0.29) is 16.5 Å². The van der Waals surface area contributed by atoms with Crippen LogP contribution in [0.3, 0.4) is 0 Å². The molecule has 2 rings (SSSR count). The van der Waals surface area contributed by atoms with Gasteiger partial charge in [0, 0.05) is 21.4 Å². The number of hydrogen-bond acceptors (Lipinski definition) is 2. The summed E-state index contributed by atoms with van der Waals surface area (Å²) in [5, 5.41) is 10.2. The van der Waals surface area contributed by atoms with Crippen molar-refractivity contribution in [1.82, 2.24) is 0 Å². The number of halogens is 1. The van der Waals surface area contributed by atoms with Gasteiger partial charge in [-0.1, -0.05) is 23.7 Å². The number of amides is 1. The Morgan fingerprint density at radius 3 is 2.41 bits per heavy atom. The van der Waals surface area contributed by atoms with Crippen LogP contribution in [0.5, 0.6) is 0 Å². The van der Waals surface area contributed by atoms with Crippen molar-refractivity contribution >= 4 is 34.2 Å². The lowest BCUT2D eigenvalue weighted by molar-refractivity contribution is 0.0699. The molecule has 1 amide bonds. The van der Waals surface area contributed by atoms with E-state index in [4.69, 9.17) is 22.4 Å². The van der Waals surface area contributed by atoms with E-state index in [0.29, 0.717) is 10.4 Å². The maximum atomic E-state index is 11.3. The largest absolute Gasteiger partial charge is 0.478 e. The molecule has 0 aliphatic heterocycles. The molecule has 0 unspecified atom stereocenters. The monoisotopic (exact) mass is 249 g/mol. The summed E-state index contributed by atoms with van der Waals surface area (Å²) < 4.78 is 0. The van der Waals surface area contributed by atoms with Gasteiger partial charge in [-0.25, -0.2) is 4.79 Å². The van der Waals surface area contributed by atoms with E-state index in [2.05, 4.69) is 0 Å². The number of carbonyl (C=O) groups is 2. The number of nitrogens with two attached hydrogens (primary N) is 1.